The first-order valence-electron chi connectivity index (χ1n) is 11.1. The highest BCUT2D eigenvalue weighted by molar-refractivity contribution is 6.07. The number of benzene rings is 1. The van der Waals surface area contributed by atoms with Gasteiger partial charge in [0.1, 0.15) is 11.5 Å². The minimum atomic E-state index is -0.388. The van der Waals surface area contributed by atoms with Crippen LogP contribution >= 0.6 is 0 Å². The number of aromatic nitrogens is 2. The number of fused-ring (bicyclic) bond motifs is 2. The van der Waals surface area contributed by atoms with Gasteiger partial charge in [-0.25, -0.2) is 10.4 Å². The van der Waals surface area contributed by atoms with Crippen LogP contribution in [0.1, 0.15) is 56.3 Å². The number of furan rings is 1. The van der Waals surface area contributed by atoms with Crippen LogP contribution in [0.5, 0.6) is 0 Å². The lowest BCUT2D eigenvalue weighted by molar-refractivity contribution is 0.0918. The number of carbonyl (C=O) groups is 2. The number of nitrogens with one attached hydrogen (secondary N) is 2. The van der Waals surface area contributed by atoms with Gasteiger partial charge in [-0.15, -0.1) is 0 Å². The van der Waals surface area contributed by atoms with Gasteiger partial charge in [0, 0.05) is 41.9 Å². The first-order chi connectivity index (χ1) is 16.6. The Labute approximate surface area is 196 Å². The van der Waals surface area contributed by atoms with Crippen LogP contribution in [0.15, 0.2) is 70.4 Å². The Hall–Kier alpha value is -4.33. The van der Waals surface area contributed by atoms with E-state index in [4.69, 9.17) is 4.42 Å². The second-order valence-electron chi connectivity index (χ2n) is 8.14. The molecule has 1 aliphatic rings. The number of carbonyl (C=O) groups excluding carboxylic acids is 2. The molecule has 2 amide bonds. The second-order valence-corrected chi connectivity index (χ2v) is 8.14. The summed E-state index contributed by atoms with van der Waals surface area (Å²) < 4.78 is 5.92. The summed E-state index contributed by atoms with van der Waals surface area (Å²) >= 11 is 0. The summed E-state index contributed by atoms with van der Waals surface area (Å²) in [5, 5.41) is 8.22. The molecule has 1 aromatic carbocycles. The van der Waals surface area contributed by atoms with E-state index in [9.17, 15) is 9.59 Å². The van der Waals surface area contributed by atoms with Gasteiger partial charge < -0.3 is 9.73 Å². The first-order valence-corrected chi connectivity index (χ1v) is 11.1. The van der Waals surface area contributed by atoms with Crippen molar-refractivity contribution in [2.75, 3.05) is 0 Å². The number of pyridine rings is 2. The van der Waals surface area contributed by atoms with E-state index >= 15 is 0 Å². The van der Waals surface area contributed by atoms with Gasteiger partial charge in [-0.3, -0.25) is 14.6 Å². The molecule has 0 unspecified atom stereocenters. The van der Waals surface area contributed by atoms with Crippen LogP contribution < -0.4 is 10.7 Å². The Balaban J connectivity index is 1.34. The third kappa shape index (κ3) is 4.30. The van der Waals surface area contributed by atoms with Gasteiger partial charge in [-0.2, -0.15) is 5.10 Å². The van der Waals surface area contributed by atoms with E-state index in [0.717, 1.165) is 34.0 Å². The minimum absolute atomic E-state index is 0.269. The smallest absolute Gasteiger partial charge is 0.289 e. The molecule has 34 heavy (non-hydrogen) atoms. The molecule has 0 saturated carbocycles. The molecule has 0 bridgehead atoms. The summed E-state index contributed by atoms with van der Waals surface area (Å²) in [7, 11) is 0. The molecule has 1 aliphatic carbocycles. The lowest BCUT2D eigenvalue weighted by Crippen LogP contribution is -2.24. The zero-order valence-electron chi connectivity index (χ0n) is 18.7. The molecule has 0 fully saturated rings. The van der Waals surface area contributed by atoms with Gasteiger partial charge in [-0.05, 0) is 43.5 Å². The van der Waals surface area contributed by atoms with Crippen LogP contribution in [0.3, 0.4) is 0 Å². The number of hydrazone groups is 1. The minimum Gasteiger partial charge on any atom is -0.455 e. The van der Waals surface area contributed by atoms with E-state index in [-0.39, 0.29) is 17.6 Å². The largest absolute Gasteiger partial charge is 0.455 e. The molecule has 170 valence electrons. The van der Waals surface area contributed by atoms with E-state index in [2.05, 4.69) is 25.8 Å². The van der Waals surface area contributed by atoms with Gasteiger partial charge in [0.2, 0.25) is 0 Å². The van der Waals surface area contributed by atoms with Crippen molar-refractivity contribution in [2.45, 2.75) is 32.7 Å². The number of hydrogen-bond donors (Lipinski definition) is 2. The zero-order valence-corrected chi connectivity index (χ0v) is 18.7. The van der Waals surface area contributed by atoms with Crippen molar-refractivity contribution in [1.29, 1.82) is 0 Å². The van der Waals surface area contributed by atoms with Gasteiger partial charge in [0.15, 0.2) is 5.76 Å². The van der Waals surface area contributed by atoms with E-state index < -0.39 is 0 Å². The quantitative estimate of drug-likeness (QED) is 0.445. The van der Waals surface area contributed by atoms with E-state index in [1.165, 1.54) is 0 Å². The number of nitrogens with zero attached hydrogens (tertiary/aromatic N) is 3. The zero-order chi connectivity index (χ0) is 23.5. The van der Waals surface area contributed by atoms with Gasteiger partial charge in [-0.1, -0.05) is 30.3 Å². The molecular formula is C26H23N5O3. The number of rotatable bonds is 5. The molecule has 0 aliphatic heterocycles. The highest BCUT2D eigenvalue weighted by atomic mass is 16.4. The number of aryl methyl sites for hydroxylation is 1. The van der Waals surface area contributed by atoms with Crippen LogP contribution in [-0.4, -0.2) is 27.5 Å². The lowest BCUT2D eigenvalue weighted by Gasteiger charge is -2.13. The standard InChI is InChI=1S/C26H23N5O3/c1-16-23-20(30-31-25(32)21-12-11-18-7-2-3-8-19(18)29-21)9-4-10-22(23)34-24(16)26(33)28-15-17-6-5-13-27-14-17/h2-3,5-8,11-14H,4,9-10,15H2,1H3,(H,28,33)(H,31,32)/b30-20+. The van der Waals surface area contributed by atoms with E-state index in [0.29, 0.717) is 36.6 Å². The molecule has 4 aromatic rings. The van der Waals surface area contributed by atoms with Crippen LogP contribution in [0.2, 0.25) is 0 Å². The Kier molecular flexibility index (Phi) is 5.86. The summed E-state index contributed by atoms with van der Waals surface area (Å²) in [6, 6.07) is 14.9. The molecule has 3 aromatic heterocycles. The summed E-state index contributed by atoms with van der Waals surface area (Å²) in [4.78, 5) is 33.9. The fourth-order valence-electron chi connectivity index (χ4n) is 4.13. The molecule has 0 saturated heterocycles. The molecular weight excluding hydrogens is 430 g/mol. The predicted octanol–water partition coefficient (Wildman–Crippen LogP) is 3.93. The predicted molar refractivity (Wildman–Crippen MR) is 128 cm³/mol. The van der Waals surface area contributed by atoms with Crippen LogP contribution in [0, 0.1) is 6.92 Å². The van der Waals surface area contributed by atoms with Gasteiger partial charge in [0.05, 0.1) is 11.2 Å². The number of hydrogen-bond acceptors (Lipinski definition) is 6. The molecule has 8 nitrogen and oxygen atoms in total. The average molecular weight is 454 g/mol. The molecule has 0 atom stereocenters. The molecule has 2 N–H and O–H groups in total. The molecule has 5 rings (SSSR count). The highest BCUT2D eigenvalue weighted by Crippen LogP contribution is 2.30. The third-order valence-corrected chi connectivity index (χ3v) is 5.83. The van der Waals surface area contributed by atoms with Crippen molar-refractivity contribution in [3.63, 3.8) is 0 Å². The molecule has 8 heteroatoms. The van der Waals surface area contributed by atoms with Crippen molar-refractivity contribution < 1.29 is 14.0 Å². The monoisotopic (exact) mass is 453 g/mol. The SMILES string of the molecule is Cc1c(C(=O)NCc2cccnc2)oc2c1/C(=N/NC(=O)c1ccc3ccccc3n1)CCC2. The first kappa shape index (κ1) is 21.5. The Morgan fingerprint density at radius 1 is 1.06 bits per heavy atom. The number of amides is 2. The van der Waals surface area contributed by atoms with Crippen molar-refractivity contribution >= 4 is 28.4 Å². The molecule has 0 spiro atoms. The summed E-state index contributed by atoms with van der Waals surface area (Å²) in [6.07, 6.45) is 5.60. The van der Waals surface area contributed by atoms with Gasteiger partial charge >= 0.3 is 0 Å². The van der Waals surface area contributed by atoms with Crippen LogP contribution in [0.4, 0.5) is 0 Å². The Morgan fingerprint density at radius 3 is 2.79 bits per heavy atom. The topological polar surface area (TPSA) is 109 Å². The fourth-order valence-corrected chi connectivity index (χ4v) is 4.13. The highest BCUT2D eigenvalue weighted by Gasteiger charge is 2.28. The maximum Gasteiger partial charge on any atom is 0.289 e. The van der Waals surface area contributed by atoms with E-state index in [1.807, 2.05) is 49.4 Å². The maximum absolute atomic E-state index is 12.8. The normalized spacial score (nSPS) is 14.1. The molecule has 3 heterocycles. The van der Waals surface area contributed by atoms with Crippen molar-refractivity contribution in [3.05, 3.63) is 94.8 Å². The van der Waals surface area contributed by atoms with Crippen LogP contribution in [-0.2, 0) is 13.0 Å². The number of para-hydroxylation sites is 1. The maximum atomic E-state index is 12.8. The van der Waals surface area contributed by atoms with Crippen LogP contribution in [0.25, 0.3) is 10.9 Å². The summed E-state index contributed by atoms with van der Waals surface area (Å²) in [6.45, 7) is 2.20. The Bertz CT molecular complexity index is 1410. The van der Waals surface area contributed by atoms with Crippen molar-refractivity contribution in [1.82, 2.24) is 20.7 Å². The van der Waals surface area contributed by atoms with E-state index in [1.54, 1.807) is 18.5 Å². The van der Waals surface area contributed by atoms with Crippen molar-refractivity contribution in [3.8, 4) is 0 Å². The lowest BCUT2D eigenvalue weighted by atomic mass is 9.93. The molecule has 0 radical (unpaired) electrons. The van der Waals surface area contributed by atoms with Crippen molar-refractivity contribution in [2.24, 2.45) is 5.10 Å². The summed E-state index contributed by atoms with van der Waals surface area (Å²) in [5.41, 5.74) is 6.77. The Morgan fingerprint density at radius 2 is 1.94 bits per heavy atom. The van der Waals surface area contributed by atoms with Gasteiger partial charge in [0.25, 0.3) is 11.8 Å². The third-order valence-electron chi connectivity index (χ3n) is 5.83. The average Bonchev–Trinajstić information content (AvgIpc) is 3.23. The second kappa shape index (κ2) is 9.27. The fraction of sp³-hybridized carbons (Fsp3) is 0.192. The summed E-state index contributed by atoms with van der Waals surface area (Å²) in [5.74, 6) is 0.304.